The van der Waals surface area contributed by atoms with Gasteiger partial charge in [-0.25, -0.2) is 9.18 Å². The molecule has 1 saturated carbocycles. The van der Waals surface area contributed by atoms with Crippen molar-refractivity contribution in [2.24, 2.45) is 0 Å². The monoisotopic (exact) mass is 369 g/mol. The van der Waals surface area contributed by atoms with Crippen molar-refractivity contribution in [2.75, 3.05) is 25.0 Å². The molecule has 142 valence electrons. The number of rotatable bonds is 4. The number of hydrogen-bond acceptors (Lipinski definition) is 4. The Hall–Kier alpha value is -2.70. The van der Waals surface area contributed by atoms with Crippen LogP contribution in [0.5, 0.6) is 0 Å². The molecule has 0 radical (unpaired) electrons. The van der Waals surface area contributed by atoms with Crippen LogP contribution in [0.3, 0.4) is 0 Å². The summed E-state index contributed by atoms with van der Waals surface area (Å²) in [6, 6.07) is 10.6. The van der Waals surface area contributed by atoms with Gasteiger partial charge in [0.2, 0.25) is 0 Å². The molecule has 0 unspecified atom stereocenters. The fourth-order valence-corrected chi connectivity index (χ4v) is 3.83. The molecule has 0 spiro atoms. The van der Waals surface area contributed by atoms with E-state index < -0.39 is 0 Å². The number of piperidine rings is 1. The summed E-state index contributed by atoms with van der Waals surface area (Å²) in [5.74, 6) is 0.831. The highest BCUT2D eigenvalue weighted by Crippen LogP contribution is 2.41. The lowest BCUT2D eigenvalue weighted by atomic mass is 10.0. The number of likely N-dealkylation sites (N-methyl/N-ethyl adjacent to an activating group) is 1. The zero-order chi connectivity index (χ0) is 18.8. The van der Waals surface area contributed by atoms with Gasteiger partial charge < -0.3 is 15.1 Å². The fraction of sp³-hybridized carbons (Fsp3) is 0.450. The third-order valence-corrected chi connectivity index (χ3v) is 5.52. The molecule has 2 heterocycles. The number of anilines is 1. The van der Waals surface area contributed by atoms with E-state index in [-0.39, 0.29) is 29.8 Å². The van der Waals surface area contributed by atoms with Crippen LogP contribution in [-0.2, 0) is 0 Å². The normalized spacial score (nSPS) is 24.4. The summed E-state index contributed by atoms with van der Waals surface area (Å²) in [4.78, 5) is 16.6. The summed E-state index contributed by atoms with van der Waals surface area (Å²) in [6.45, 7) is 1.68. The topological polar surface area (TPSA) is 61.4 Å². The Bertz CT molecular complexity index is 802. The van der Waals surface area contributed by atoms with E-state index in [2.05, 4.69) is 20.4 Å². The molecule has 2 amide bonds. The summed E-state index contributed by atoms with van der Waals surface area (Å²) in [5.41, 5.74) is 0.953. The molecule has 27 heavy (non-hydrogen) atoms. The number of nitrogens with zero attached hydrogens (tertiary/aromatic N) is 4. The van der Waals surface area contributed by atoms with Gasteiger partial charge in [-0.05, 0) is 49.1 Å². The van der Waals surface area contributed by atoms with E-state index in [9.17, 15) is 9.18 Å². The molecule has 1 aliphatic carbocycles. The lowest BCUT2D eigenvalue weighted by Crippen LogP contribution is -2.52. The van der Waals surface area contributed by atoms with Crippen molar-refractivity contribution in [3.05, 3.63) is 54.0 Å². The lowest BCUT2D eigenvalue weighted by Gasteiger charge is -2.38. The van der Waals surface area contributed by atoms with E-state index in [1.54, 1.807) is 23.2 Å². The second-order valence-corrected chi connectivity index (χ2v) is 7.39. The van der Waals surface area contributed by atoms with E-state index in [1.807, 2.05) is 25.2 Å². The Morgan fingerprint density at radius 1 is 1.33 bits per heavy atom. The predicted molar refractivity (Wildman–Crippen MR) is 101 cm³/mol. The van der Waals surface area contributed by atoms with E-state index in [0.717, 1.165) is 43.7 Å². The summed E-state index contributed by atoms with van der Waals surface area (Å²) < 4.78 is 13.4. The van der Waals surface area contributed by atoms with Crippen LogP contribution in [0.1, 0.15) is 30.7 Å². The van der Waals surface area contributed by atoms with Crippen molar-refractivity contribution in [3.8, 4) is 0 Å². The van der Waals surface area contributed by atoms with E-state index in [4.69, 9.17) is 0 Å². The molecule has 2 aromatic rings. The van der Waals surface area contributed by atoms with Crippen molar-refractivity contribution in [1.82, 2.24) is 20.4 Å². The number of halogens is 1. The van der Waals surface area contributed by atoms with Crippen LogP contribution in [0, 0.1) is 5.82 Å². The number of urea groups is 1. The van der Waals surface area contributed by atoms with Crippen LogP contribution in [0.2, 0.25) is 0 Å². The highest BCUT2D eigenvalue weighted by atomic mass is 19.1. The van der Waals surface area contributed by atoms with Crippen LogP contribution in [0.4, 0.5) is 15.0 Å². The second-order valence-electron chi connectivity index (χ2n) is 7.39. The lowest BCUT2D eigenvalue weighted by molar-refractivity contribution is 0.182. The fourth-order valence-electron chi connectivity index (χ4n) is 3.83. The third-order valence-electron chi connectivity index (χ3n) is 5.52. The predicted octanol–water partition coefficient (Wildman–Crippen LogP) is 2.78. The maximum Gasteiger partial charge on any atom is 0.317 e. The Kier molecular flexibility index (Phi) is 4.92. The zero-order valence-electron chi connectivity index (χ0n) is 15.4. The SMILES string of the molecule is CN(C(=O)N[C@H]1C[C@@H]1c1cccc(F)c1)[C@@H]1CCCN(c2cccnn2)C1. The largest absolute Gasteiger partial charge is 0.353 e. The molecule has 1 aliphatic heterocycles. The summed E-state index contributed by atoms with van der Waals surface area (Å²) in [5, 5.41) is 11.2. The Labute approximate surface area is 158 Å². The molecule has 1 saturated heterocycles. The molecular weight excluding hydrogens is 345 g/mol. The third kappa shape index (κ3) is 4.02. The molecule has 3 atom stereocenters. The average molecular weight is 369 g/mol. The van der Waals surface area contributed by atoms with Gasteiger partial charge in [0.15, 0.2) is 5.82 Å². The number of benzene rings is 1. The molecule has 4 rings (SSSR count). The molecule has 0 bridgehead atoms. The highest BCUT2D eigenvalue weighted by molar-refractivity contribution is 5.75. The average Bonchev–Trinajstić information content (AvgIpc) is 3.47. The Balaban J connectivity index is 1.33. The first-order valence-electron chi connectivity index (χ1n) is 9.43. The van der Waals surface area contributed by atoms with Gasteiger partial charge in [0, 0.05) is 38.3 Å². The summed E-state index contributed by atoms with van der Waals surface area (Å²) in [6.07, 6.45) is 4.50. The molecular formula is C20H24FN5O. The molecule has 6 nitrogen and oxygen atoms in total. The van der Waals surface area contributed by atoms with Crippen molar-refractivity contribution in [1.29, 1.82) is 0 Å². The van der Waals surface area contributed by atoms with Crippen LogP contribution in [-0.4, -0.2) is 53.3 Å². The van der Waals surface area contributed by atoms with Crippen LogP contribution in [0.25, 0.3) is 0 Å². The number of carbonyl (C=O) groups excluding carboxylic acids is 1. The van der Waals surface area contributed by atoms with Gasteiger partial charge >= 0.3 is 6.03 Å². The summed E-state index contributed by atoms with van der Waals surface area (Å²) >= 11 is 0. The Morgan fingerprint density at radius 2 is 2.22 bits per heavy atom. The number of nitrogens with one attached hydrogen (secondary N) is 1. The number of aromatic nitrogens is 2. The van der Waals surface area contributed by atoms with Gasteiger partial charge in [0.05, 0.1) is 6.04 Å². The van der Waals surface area contributed by atoms with Crippen molar-refractivity contribution in [2.45, 2.75) is 37.3 Å². The molecule has 1 aromatic heterocycles. The van der Waals surface area contributed by atoms with Crippen LogP contribution < -0.4 is 10.2 Å². The van der Waals surface area contributed by atoms with Crippen molar-refractivity contribution >= 4 is 11.8 Å². The molecule has 1 N–H and O–H groups in total. The molecule has 2 fully saturated rings. The minimum Gasteiger partial charge on any atom is -0.353 e. The Morgan fingerprint density at radius 3 is 3.00 bits per heavy atom. The second kappa shape index (κ2) is 7.50. The van der Waals surface area contributed by atoms with E-state index in [1.165, 1.54) is 6.07 Å². The number of carbonyl (C=O) groups is 1. The van der Waals surface area contributed by atoms with Gasteiger partial charge in [0.1, 0.15) is 5.82 Å². The minimum atomic E-state index is -0.229. The maximum absolute atomic E-state index is 13.4. The maximum atomic E-state index is 13.4. The zero-order valence-corrected chi connectivity index (χ0v) is 15.4. The van der Waals surface area contributed by atoms with Gasteiger partial charge in [0.25, 0.3) is 0 Å². The van der Waals surface area contributed by atoms with Crippen LogP contribution >= 0.6 is 0 Å². The standard InChI is InChI=1S/C20H24FN5O/c1-25(16-7-4-10-26(13-16)19-8-3-9-22-24-19)20(27)23-18-12-17(18)14-5-2-6-15(21)11-14/h2-3,5-6,8-9,11,16-18H,4,7,10,12-13H2,1H3,(H,23,27)/t16-,17-,18+/m1/s1. The number of hydrogen-bond donors (Lipinski definition) is 1. The minimum absolute atomic E-state index is 0.0649. The van der Waals surface area contributed by atoms with Crippen LogP contribution in [0.15, 0.2) is 42.6 Å². The first kappa shape index (κ1) is 17.7. The van der Waals surface area contributed by atoms with Gasteiger partial charge in [-0.1, -0.05) is 12.1 Å². The molecule has 2 aliphatic rings. The first-order chi connectivity index (χ1) is 13.1. The number of amides is 2. The van der Waals surface area contributed by atoms with E-state index >= 15 is 0 Å². The smallest absolute Gasteiger partial charge is 0.317 e. The van der Waals surface area contributed by atoms with Gasteiger partial charge in [-0.15, -0.1) is 5.10 Å². The quantitative estimate of drug-likeness (QED) is 0.900. The molecule has 1 aromatic carbocycles. The highest BCUT2D eigenvalue weighted by Gasteiger charge is 2.40. The molecule has 7 heteroatoms. The van der Waals surface area contributed by atoms with Gasteiger partial charge in [-0.2, -0.15) is 5.10 Å². The summed E-state index contributed by atoms with van der Waals surface area (Å²) in [7, 11) is 1.85. The van der Waals surface area contributed by atoms with Crippen molar-refractivity contribution < 1.29 is 9.18 Å². The first-order valence-corrected chi connectivity index (χ1v) is 9.43. The van der Waals surface area contributed by atoms with Crippen molar-refractivity contribution in [3.63, 3.8) is 0 Å². The van der Waals surface area contributed by atoms with Gasteiger partial charge in [-0.3, -0.25) is 0 Å². The van der Waals surface area contributed by atoms with E-state index in [0.29, 0.717) is 0 Å².